The Bertz CT molecular complexity index is 398. The lowest BCUT2D eigenvalue weighted by Gasteiger charge is -2.36. The molecule has 0 aromatic heterocycles. The summed E-state index contributed by atoms with van der Waals surface area (Å²) in [6.07, 6.45) is 6.83. The van der Waals surface area contributed by atoms with E-state index in [2.05, 4.69) is 70.0 Å². The molecule has 2 heteroatoms. The maximum atomic E-state index is 3.81. The van der Waals surface area contributed by atoms with Crippen LogP contribution >= 0.6 is 31.9 Å². The summed E-state index contributed by atoms with van der Waals surface area (Å²) in [5.74, 6) is 1.49. The van der Waals surface area contributed by atoms with Gasteiger partial charge >= 0.3 is 0 Å². The van der Waals surface area contributed by atoms with Crippen molar-refractivity contribution in [3.63, 3.8) is 0 Å². The van der Waals surface area contributed by atoms with Gasteiger partial charge in [0.25, 0.3) is 0 Å². The van der Waals surface area contributed by atoms with E-state index < -0.39 is 0 Å². The van der Waals surface area contributed by atoms with Crippen LogP contribution in [0.4, 0.5) is 0 Å². The number of benzene rings is 1. The third-order valence-electron chi connectivity index (χ3n) is 4.96. The smallest absolute Gasteiger partial charge is 0.0102 e. The number of rotatable bonds is 6. The summed E-state index contributed by atoms with van der Waals surface area (Å²) in [6, 6.07) is 9.29. The third-order valence-corrected chi connectivity index (χ3v) is 7.19. The molecule has 1 fully saturated rings. The van der Waals surface area contributed by atoms with E-state index in [9.17, 15) is 0 Å². The lowest BCUT2D eigenvalue weighted by molar-refractivity contribution is 0.233. The number of halogens is 2. The molecule has 1 aromatic carbocycles. The van der Waals surface area contributed by atoms with Crippen molar-refractivity contribution in [2.24, 2.45) is 11.3 Å². The van der Waals surface area contributed by atoms with Crippen molar-refractivity contribution in [1.82, 2.24) is 0 Å². The Hall–Kier alpha value is 0.180. The molecule has 0 bridgehead atoms. The molecule has 0 unspecified atom stereocenters. The Morgan fingerprint density at radius 2 is 1.60 bits per heavy atom. The zero-order valence-corrected chi connectivity index (χ0v) is 15.8. The first-order chi connectivity index (χ1) is 9.61. The molecule has 0 nitrogen and oxygen atoms in total. The molecule has 0 spiro atoms. The molecule has 0 radical (unpaired) electrons. The highest BCUT2D eigenvalue weighted by Gasteiger charge is 2.38. The summed E-state index contributed by atoms with van der Waals surface area (Å²) in [5, 5.41) is 2.20. The first kappa shape index (κ1) is 16.5. The van der Waals surface area contributed by atoms with Crippen molar-refractivity contribution in [1.29, 1.82) is 0 Å². The van der Waals surface area contributed by atoms with Crippen LogP contribution in [0.1, 0.15) is 56.6 Å². The molecule has 0 amide bonds. The highest BCUT2D eigenvalue weighted by molar-refractivity contribution is 9.09. The molecule has 112 valence electrons. The van der Waals surface area contributed by atoms with Crippen LogP contribution in [0.15, 0.2) is 24.3 Å². The second-order valence-corrected chi connectivity index (χ2v) is 7.81. The van der Waals surface area contributed by atoms with Gasteiger partial charge in [-0.1, -0.05) is 82.8 Å². The Morgan fingerprint density at radius 1 is 1.05 bits per heavy atom. The molecular weight excluding hydrogens is 376 g/mol. The average molecular weight is 402 g/mol. The van der Waals surface area contributed by atoms with Crippen LogP contribution in [-0.4, -0.2) is 10.7 Å². The molecule has 1 aliphatic carbocycles. The Balaban J connectivity index is 2.14. The summed E-state index contributed by atoms with van der Waals surface area (Å²) in [4.78, 5) is 0. The van der Waals surface area contributed by atoms with Gasteiger partial charge in [0, 0.05) is 10.7 Å². The summed E-state index contributed by atoms with van der Waals surface area (Å²) in [6.45, 7) is 4.52. The highest BCUT2D eigenvalue weighted by atomic mass is 79.9. The molecule has 1 aliphatic rings. The maximum absolute atomic E-state index is 3.81. The standard InChI is InChI=1S/C18H26Br2/c1-14(2)16-9-7-15(8-10-16)11-18(12-19,13-20)17-5-3-4-6-17/h7-10,14,17H,3-6,11-13H2,1-2H3. The fourth-order valence-electron chi connectivity index (χ4n) is 3.46. The summed E-state index contributed by atoms with van der Waals surface area (Å²) < 4.78 is 0. The third kappa shape index (κ3) is 3.68. The van der Waals surface area contributed by atoms with Gasteiger partial charge in [-0.25, -0.2) is 0 Å². The molecule has 0 saturated heterocycles. The van der Waals surface area contributed by atoms with E-state index in [1.807, 2.05) is 0 Å². The minimum absolute atomic E-state index is 0.385. The summed E-state index contributed by atoms with van der Waals surface area (Å²) in [7, 11) is 0. The van der Waals surface area contributed by atoms with E-state index in [1.165, 1.54) is 43.2 Å². The van der Waals surface area contributed by atoms with Crippen LogP contribution in [0.25, 0.3) is 0 Å². The van der Waals surface area contributed by atoms with Crippen LogP contribution in [-0.2, 0) is 6.42 Å². The van der Waals surface area contributed by atoms with Gasteiger partial charge < -0.3 is 0 Å². The maximum Gasteiger partial charge on any atom is 0.0102 e. The summed E-state index contributed by atoms with van der Waals surface area (Å²) in [5.41, 5.74) is 3.31. The van der Waals surface area contributed by atoms with Crippen LogP contribution in [0.2, 0.25) is 0 Å². The topological polar surface area (TPSA) is 0 Å². The van der Waals surface area contributed by atoms with E-state index in [0.717, 1.165) is 16.6 Å². The van der Waals surface area contributed by atoms with Gasteiger partial charge in [-0.15, -0.1) is 0 Å². The van der Waals surface area contributed by atoms with E-state index in [4.69, 9.17) is 0 Å². The van der Waals surface area contributed by atoms with Crippen molar-refractivity contribution in [3.05, 3.63) is 35.4 Å². The molecule has 1 saturated carbocycles. The molecule has 0 aliphatic heterocycles. The van der Waals surface area contributed by atoms with Gasteiger partial charge in [0.1, 0.15) is 0 Å². The fourth-order valence-corrected chi connectivity index (χ4v) is 5.70. The van der Waals surface area contributed by atoms with Crippen molar-refractivity contribution in [3.8, 4) is 0 Å². The second kappa shape index (κ2) is 7.45. The van der Waals surface area contributed by atoms with E-state index in [-0.39, 0.29) is 0 Å². The predicted octanol–water partition coefficient (Wildman–Crippen LogP) is 6.32. The van der Waals surface area contributed by atoms with Crippen LogP contribution in [0, 0.1) is 11.3 Å². The molecule has 0 heterocycles. The Labute approximate surface area is 141 Å². The number of alkyl halides is 2. The van der Waals surface area contributed by atoms with E-state index in [0.29, 0.717) is 11.3 Å². The van der Waals surface area contributed by atoms with Crippen molar-refractivity contribution >= 4 is 31.9 Å². The molecule has 20 heavy (non-hydrogen) atoms. The molecular formula is C18H26Br2. The minimum atomic E-state index is 0.385. The zero-order valence-electron chi connectivity index (χ0n) is 12.7. The quantitative estimate of drug-likeness (QED) is 0.489. The highest BCUT2D eigenvalue weighted by Crippen LogP contribution is 2.44. The number of hydrogen-bond donors (Lipinski definition) is 0. The van der Waals surface area contributed by atoms with Gasteiger partial charge in [0.15, 0.2) is 0 Å². The van der Waals surface area contributed by atoms with Gasteiger partial charge in [-0.05, 0) is 47.6 Å². The monoisotopic (exact) mass is 400 g/mol. The fraction of sp³-hybridized carbons (Fsp3) is 0.667. The van der Waals surface area contributed by atoms with Gasteiger partial charge in [-0.3, -0.25) is 0 Å². The minimum Gasteiger partial charge on any atom is -0.0921 e. The number of hydrogen-bond acceptors (Lipinski definition) is 0. The predicted molar refractivity (Wildman–Crippen MR) is 96.2 cm³/mol. The first-order valence-corrected chi connectivity index (χ1v) is 10.1. The van der Waals surface area contributed by atoms with Crippen LogP contribution in [0.3, 0.4) is 0 Å². The lowest BCUT2D eigenvalue weighted by atomic mass is 9.73. The van der Waals surface area contributed by atoms with E-state index in [1.54, 1.807) is 0 Å². The summed E-state index contributed by atoms with van der Waals surface area (Å²) >= 11 is 7.62. The molecule has 0 N–H and O–H groups in total. The van der Waals surface area contributed by atoms with Crippen molar-refractivity contribution < 1.29 is 0 Å². The van der Waals surface area contributed by atoms with Crippen molar-refractivity contribution in [2.75, 3.05) is 10.7 Å². The largest absolute Gasteiger partial charge is 0.0921 e. The van der Waals surface area contributed by atoms with Crippen LogP contribution in [0.5, 0.6) is 0 Å². The molecule has 0 atom stereocenters. The van der Waals surface area contributed by atoms with Crippen LogP contribution < -0.4 is 0 Å². The normalized spacial score (nSPS) is 17.1. The van der Waals surface area contributed by atoms with Gasteiger partial charge in [-0.2, -0.15) is 0 Å². The Kier molecular flexibility index (Phi) is 6.16. The lowest BCUT2D eigenvalue weighted by Crippen LogP contribution is -2.35. The average Bonchev–Trinajstić information content (AvgIpc) is 3.00. The SMILES string of the molecule is CC(C)c1ccc(CC(CBr)(CBr)C2CCCC2)cc1. The van der Waals surface area contributed by atoms with E-state index >= 15 is 0 Å². The first-order valence-electron chi connectivity index (χ1n) is 7.82. The van der Waals surface area contributed by atoms with Crippen molar-refractivity contribution in [2.45, 2.75) is 51.9 Å². The molecule has 1 aromatic rings. The molecule has 2 rings (SSSR count). The van der Waals surface area contributed by atoms with Gasteiger partial charge in [0.05, 0.1) is 0 Å². The second-order valence-electron chi connectivity index (χ2n) is 6.68. The Morgan fingerprint density at radius 3 is 2.05 bits per heavy atom. The zero-order chi connectivity index (χ0) is 14.6. The van der Waals surface area contributed by atoms with Gasteiger partial charge in [0.2, 0.25) is 0 Å².